The first kappa shape index (κ1) is 14.6. The molecule has 110 valence electrons. The number of ether oxygens (including phenoxy) is 3. The second kappa shape index (κ2) is 6.09. The number of amides is 1. The van der Waals surface area contributed by atoms with Gasteiger partial charge in [0.15, 0.2) is 0 Å². The Balaban J connectivity index is 1.70. The maximum Gasteiger partial charge on any atom is 0.410 e. The third kappa shape index (κ3) is 5.37. The minimum absolute atomic E-state index is 0.0278. The van der Waals surface area contributed by atoms with E-state index in [0.29, 0.717) is 26.3 Å². The SMILES string of the molecule is CC(C)(C)OC(=O)N1CCOC(COCC2CC2)C1. The summed E-state index contributed by atoms with van der Waals surface area (Å²) in [5.41, 5.74) is -0.451. The van der Waals surface area contributed by atoms with Crippen LogP contribution in [0.4, 0.5) is 4.79 Å². The van der Waals surface area contributed by atoms with E-state index >= 15 is 0 Å². The third-order valence-electron chi connectivity index (χ3n) is 3.14. The van der Waals surface area contributed by atoms with Gasteiger partial charge in [-0.25, -0.2) is 4.79 Å². The first-order valence-electron chi connectivity index (χ1n) is 7.11. The fraction of sp³-hybridized carbons (Fsp3) is 0.929. The molecule has 2 rings (SSSR count). The Labute approximate surface area is 115 Å². The molecule has 1 saturated heterocycles. The molecule has 1 saturated carbocycles. The van der Waals surface area contributed by atoms with Gasteiger partial charge in [-0.15, -0.1) is 0 Å². The smallest absolute Gasteiger partial charge is 0.410 e. The predicted molar refractivity (Wildman–Crippen MR) is 71.1 cm³/mol. The predicted octanol–water partition coefficient (Wildman–Crippen LogP) is 2.05. The zero-order valence-corrected chi connectivity index (χ0v) is 12.2. The lowest BCUT2D eigenvalue weighted by Gasteiger charge is -2.34. The maximum absolute atomic E-state index is 12.0. The van der Waals surface area contributed by atoms with Crippen LogP contribution in [0.3, 0.4) is 0 Å². The highest BCUT2D eigenvalue weighted by molar-refractivity contribution is 5.68. The molecule has 2 fully saturated rings. The van der Waals surface area contributed by atoms with Gasteiger partial charge < -0.3 is 19.1 Å². The van der Waals surface area contributed by atoms with Crippen molar-refractivity contribution in [3.05, 3.63) is 0 Å². The standard InChI is InChI=1S/C14H25NO4/c1-14(2,3)19-13(16)15-6-7-18-12(8-15)10-17-9-11-4-5-11/h11-12H,4-10H2,1-3H3. The van der Waals surface area contributed by atoms with Gasteiger partial charge >= 0.3 is 6.09 Å². The van der Waals surface area contributed by atoms with Crippen LogP contribution in [0.25, 0.3) is 0 Å². The van der Waals surface area contributed by atoms with Gasteiger partial charge in [-0.1, -0.05) is 0 Å². The molecule has 1 heterocycles. The Morgan fingerprint density at radius 3 is 2.68 bits per heavy atom. The monoisotopic (exact) mass is 271 g/mol. The van der Waals surface area contributed by atoms with Gasteiger partial charge in [0.1, 0.15) is 5.60 Å². The second-order valence-electron chi connectivity index (χ2n) is 6.40. The van der Waals surface area contributed by atoms with E-state index in [-0.39, 0.29) is 12.2 Å². The van der Waals surface area contributed by atoms with E-state index in [2.05, 4.69) is 0 Å². The lowest BCUT2D eigenvalue weighted by molar-refractivity contribution is -0.0735. The summed E-state index contributed by atoms with van der Waals surface area (Å²) in [5.74, 6) is 0.755. The molecule has 1 atom stereocenters. The molecule has 19 heavy (non-hydrogen) atoms. The molecule has 0 N–H and O–H groups in total. The van der Waals surface area contributed by atoms with Gasteiger partial charge in [0.2, 0.25) is 0 Å². The molecule has 0 aromatic rings. The van der Waals surface area contributed by atoms with E-state index in [1.165, 1.54) is 12.8 Å². The van der Waals surface area contributed by atoms with Crippen molar-refractivity contribution >= 4 is 6.09 Å². The van der Waals surface area contributed by atoms with E-state index in [1.807, 2.05) is 20.8 Å². The number of carbonyl (C=O) groups excluding carboxylic acids is 1. The van der Waals surface area contributed by atoms with Crippen LogP contribution in [0.2, 0.25) is 0 Å². The molecule has 1 aliphatic carbocycles. The quantitative estimate of drug-likeness (QED) is 0.785. The number of hydrogen-bond acceptors (Lipinski definition) is 4. The summed E-state index contributed by atoms with van der Waals surface area (Å²) < 4.78 is 16.6. The van der Waals surface area contributed by atoms with Crippen molar-refractivity contribution in [2.75, 3.05) is 32.9 Å². The average molecular weight is 271 g/mol. The van der Waals surface area contributed by atoms with Crippen LogP contribution >= 0.6 is 0 Å². The summed E-state index contributed by atoms with van der Waals surface area (Å²) in [6.07, 6.45) is 2.29. The summed E-state index contributed by atoms with van der Waals surface area (Å²) in [6, 6.07) is 0. The topological polar surface area (TPSA) is 48.0 Å². The van der Waals surface area contributed by atoms with Crippen molar-refractivity contribution in [1.82, 2.24) is 4.90 Å². The Kier molecular flexibility index (Phi) is 4.68. The molecule has 0 spiro atoms. The van der Waals surface area contributed by atoms with Gasteiger partial charge in [0.25, 0.3) is 0 Å². The largest absolute Gasteiger partial charge is 0.444 e. The van der Waals surface area contributed by atoms with E-state index in [4.69, 9.17) is 14.2 Å². The lowest BCUT2D eigenvalue weighted by Crippen LogP contribution is -2.48. The van der Waals surface area contributed by atoms with E-state index in [0.717, 1.165) is 12.5 Å². The lowest BCUT2D eigenvalue weighted by atomic mass is 10.2. The summed E-state index contributed by atoms with van der Waals surface area (Å²) in [5, 5.41) is 0. The maximum atomic E-state index is 12.0. The van der Waals surface area contributed by atoms with Crippen molar-refractivity contribution in [3.8, 4) is 0 Å². The second-order valence-corrected chi connectivity index (χ2v) is 6.40. The van der Waals surface area contributed by atoms with Crippen LogP contribution in [0.15, 0.2) is 0 Å². The Hall–Kier alpha value is -0.810. The van der Waals surface area contributed by atoms with Crippen LogP contribution < -0.4 is 0 Å². The number of nitrogens with zero attached hydrogens (tertiary/aromatic N) is 1. The van der Waals surface area contributed by atoms with Crippen molar-refractivity contribution < 1.29 is 19.0 Å². The first-order chi connectivity index (χ1) is 8.94. The van der Waals surface area contributed by atoms with Crippen molar-refractivity contribution in [3.63, 3.8) is 0 Å². The molecule has 0 radical (unpaired) electrons. The van der Waals surface area contributed by atoms with Gasteiger partial charge in [-0.2, -0.15) is 0 Å². The average Bonchev–Trinajstić information content (AvgIpc) is 3.11. The molecular formula is C14H25NO4. The Morgan fingerprint density at radius 2 is 2.05 bits per heavy atom. The molecule has 0 aromatic carbocycles. The molecule has 0 aromatic heterocycles. The molecule has 1 aliphatic heterocycles. The fourth-order valence-corrected chi connectivity index (χ4v) is 1.96. The summed E-state index contributed by atoms with van der Waals surface area (Å²) in [4.78, 5) is 13.7. The minimum Gasteiger partial charge on any atom is -0.444 e. The van der Waals surface area contributed by atoms with E-state index in [9.17, 15) is 4.79 Å². The Bertz CT molecular complexity index is 309. The van der Waals surface area contributed by atoms with Crippen LogP contribution in [-0.2, 0) is 14.2 Å². The zero-order chi connectivity index (χ0) is 13.9. The normalized spacial score (nSPS) is 24.4. The van der Waals surface area contributed by atoms with E-state index < -0.39 is 5.60 Å². The fourth-order valence-electron chi connectivity index (χ4n) is 1.96. The highest BCUT2D eigenvalue weighted by Crippen LogP contribution is 2.28. The number of hydrogen-bond donors (Lipinski definition) is 0. The van der Waals surface area contributed by atoms with Crippen LogP contribution in [-0.4, -0.2) is 55.6 Å². The summed E-state index contributed by atoms with van der Waals surface area (Å²) in [7, 11) is 0. The first-order valence-corrected chi connectivity index (χ1v) is 7.11. The molecule has 2 aliphatic rings. The molecule has 1 unspecified atom stereocenters. The van der Waals surface area contributed by atoms with Gasteiger partial charge in [0.05, 0.1) is 25.9 Å². The van der Waals surface area contributed by atoms with E-state index in [1.54, 1.807) is 4.90 Å². The number of morpholine rings is 1. The van der Waals surface area contributed by atoms with Crippen LogP contribution in [0, 0.1) is 5.92 Å². The van der Waals surface area contributed by atoms with Crippen molar-refractivity contribution in [2.45, 2.75) is 45.3 Å². The summed E-state index contributed by atoms with van der Waals surface area (Å²) >= 11 is 0. The molecule has 0 bridgehead atoms. The minimum atomic E-state index is -0.451. The molecular weight excluding hydrogens is 246 g/mol. The van der Waals surface area contributed by atoms with Crippen molar-refractivity contribution in [2.24, 2.45) is 5.92 Å². The summed E-state index contributed by atoms with van der Waals surface area (Å²) in [6.45, 7) is 8.72. The number of rotatable bonds is 4. The third-order valence-corrected chi connectivity index (χ3v) is 3.14. The van der Waals surface area contributed by atoms with Crippen LogP contribution in [0.1, 0.15) is 33.6 Å². The number of carbonyl (C=O) groups is 1. The Morgan fingerprint density at radius 1 is 1.32 bits per heavy atom. The van der Waals surface area contributed by atoms with Gasteiger partial charge in [0, 0.05) is 13.2 Å². The van der Waals surface area contributed by atoms with Crippen molar-refractivity contribution in [1.29, 1.82) is 0 Å². The molecule has 5 nitrogen and oxygen atoms in total. The van der Waals surface area contributed by atoms with Gasteiger partial charge in [-0.3, -0.25) is 0 Å². The molecule has 1 amide bonds. The molecule has 5 heteroatoms. The van der Waals surface area contributed by atoms with Gasteiger partial charge in [-0.05, 0) is 39.5 Å². The highest BCUT2D eigenvalue weighted by Gasteiger charge is 2.29. The van der Waals surface area contributed by atoms with Crippen LogP contribution in [0.5, 0.6) is 0 Å². The zero-order valence-electron chi connectivity index (χ0n) is 12.2. The highest BCUT2D eigenvalue weighted by atomic mass is 16.6.